The Morgan fingerprint density at radius 2 is 2.03 bits per heavy atom. The van der Waals surface area contributed by atoms with Crippen LogP contribution in [0.3, 0.4) is 0 Å². The summed E-state index contributed by atoms with van der Waals surface area (Å²) in [6.45, 7) is 1.22. The van der Waals surface area contributed by atoms with Crippen molar-refractivity contribution in [2.45, 2.75) is 50.0 Å². The average Bonchev–Trinajstić information content (AvgIpc) is 3.03. The van der Waals surface area contributed by atoms with Gasteiger partial charge in [0.2, 0.25) is 0 Å². The first-order chi connectivity index (χ1) is 14.7. The molecule has 2 fully saturated rings. The highest BCUT2D eigenvalue weighted by Gasteiger charge is 2.52. The van der Waals surface area contributed by atoms with Gasteiger partial charge in [0.1, 0.15) is 5.75 Å². The van der Waals surface area contributed by atoms with Crippen LogP contribution in [0.2, 0.25) is 0 Å². The molecule has 156 valence electrons. The molecule has 4 nitrogen and oxygen atoms in total. The van der Waals surface area contributed by atoms with Gasteiger partial charge in [0.15, 0.2) is 0 Å². The first-order valence-corrected chi connectivity index (χ1v) is 11.2. The van der Waals surface area contributed by atoms with E-state index in [9.17, 15) is 5.11 Å². The Morgan fingerprint density at radius 1 is 1.13 bits per heavy atom. The van der Waals surface area contributed by atoms with E-state index >= 15 is 0 Å². The predicted octanol–water partition coefficient (Wildman–Crippen LogP) is 5.19. The lowest BCUT2D eigenvalue weighted by atomic mass is 9.52. The number of rotatable bonds is 0. The molecule has 2 aromatic carbocycles. The molecule has 2 heterocycles. The van der Waals surface area contributed by atoms with Gasteiger partial charge in [-0.05, 0) is 86.2 Å². The summed E-state index contributed by atoms with van der Waals surface area (Å²) in [5, 5.41) is 13.9. The van der Waals surface area contributed by atoms with Crippen LogP contribution in [-0.4, -0.2) is 35.9 Å². The van der Waals surface area contributed by atoms with E-state index in [-0.39, 0.29) is 0 Å². The highest BCUT2D eigenvalue weighted by Crippen LogP contribution is 2.55. The second-order valence-corrected chi connectivity index (χ2v) is 9.19. The van der Waals surface area contributed by atoms with Crippen molar-refractivity contribution in [2.24, 2.45) is 11.0 Å². The number of allylic oxidation sites excluding steroid dienone is 1. The fraction of sp³-hybridized carbons (Fsp3) is 0.423. The van der Waals surface area contributed by atoms with E-state index in [0.717, 1.165) is 17.6 Å². The molecule has 30 heavy (non-hydrogen) atoms. The third kappa shape index (κ3) is 3.33. The number of phenolic OH excluding ortho intramolecular Hbond substituents is 1. The van der Waals surface area contributed by atoms with Gasteiger partial charge in [0.05, 0.1) is 5.69 Å². The average molecular weight is 402 g/mol. The lowest BCUT2D eigenvalue weighted by molar-refractivity contribution is 0.00274. The Labute approximate surface area is 179 Å². The van der Waals surface area contributed by atoms with Crippen LogP contribution in [-0.2, 0) is 11.8 Å². The molecule has 0 radical (unpaired) electrons. The topological polar surface area (TPSA) is 47.9 Å². The van der Waals surface area contributed by atoms with Crippen LogP contribution >= 0.6 is 0 Å². The van der Waals surface area contributed by atoms with Crippen molar-refractivity contribution in [3.8, 4) is 5.75 Å². The fourth-order valence-electron chi connectivity index (χ4n) is 6.23. The minimum atomic E-state index is 0.377. The van der Waals surface area contributed by atoms with E-state index < -0.39 is 0 Å². The summed E-state index contributed by atoms with van der Waals surface area (Å²) in [6.07, 6.45) is 13.6. The van der Waals surface area contributed by atoms with Gasteiger partial charge < -0.3 is 10.0 Å². The van der Waals surface area contributed by atoms with Gasteiger partial charge in [0, 0.05) is 17.7 Å². The number of nitrogens with zero attached hydrogens (tertiary/aromatic N) is 2. The molecule has 2 aromatic rings. The maximum atomic E-state index is 9.91. The maximum Gasteiger partial charge on any atom is 0.115 e. The Bertz CT molecular complexity index is 982. The number of para-hydroxylation sites is 1. The van der Waals surface area contributed by atoms with Crippen molar-refractivity contribution >= 4 is 18.0 Å². The summed E-state index contributed by atoms with van der Waals surface area (Å²) in [5.41, 5.74) is 8.51. The molecule has 2 bridgehead atoms. The predicted molar refractivity (Wildman–Crippen MR) is 124 cm³/mol. The smallest absolute Gasteiger partial charge is 0.115 e. The van der Waals surface area contributed by atoms with Gasteiger partial charge >= 0.3 is 0 Å². The van der Waals surface area contributed by atoms with Crippen molar-refractivity contribution in [3.63, 3.8) is 0 Å². The zero-order valence-corrected chi connectivity index (χ0v) is 17.7. The second kappa shape index (κ2) is 7.92. The zero-order valence-electron chi connectivity index (χ0n) is 17.7. The molecule has 2 N–H and O–H groups in total. The van der Waals surface area contributed by atoms with Crippen molar-refractivity contribution < 1.29 is 5.11 Å². The molecule has 3 atom stereocenters. The standard InChI is InChI=1S/C17H23NO.C9H8N2/c1-18-9-8-17-7-3-2-4-14(17)16(18)10-12-5-6-13(19)11-15(12)17;1-2-6-9-8(4-1)5-3-7-10-11-9/h5-6,11,14,16,19H,2-4,7-10H2,1H3;1-7,11H/t14-,16+,17+;/m0./s1. The monoisotopic (exact) mass is 401 g/mol. The Hall–Kier alpha value is -2.59. The Balaban J connectivity index is 0.000000149. The van der Waals surface area contributed by atoms with Crippen LogP contribution in [0.5, 0.6) is 5.75 Å². The second-order valence-electron chi connectivity index (χ2n) is 9.19. The number of nitrogens with one attached hydrogen (secondary N) is 1. The summed E-state index contributed by atoms with van der Waals surface area (Å²) < 4.78 is 0. The van der Waals surface area contributed by atoms with Crippen LogP contribution < -0.4 is 5.43 Å². The van der Waals surface area contributed by atoms with E-state index in [1.165, 1.54) is 61.8 Å². The van der Waals surface area contributed by atoms with Crippen LogP contribution in [0.4, 0.5) is 5.69 Å². The number of fused-ring (bicyclic) bond motifs is 2. The normalized spacial score (nSPS) is 28.7. The number of hydrogen-bond donors (Lipinski definition) is 2. The lowest BCUT2D eigenvalue weighted by Gasteiger charge is -2.58. The molecular weight excluding hydrogens is 370 g/mol. The fourth-order valence-corrected chi connectivity index (χ4v) is 6.23. The highest BCUT2D eigenvalue weighted by molar-refractivity contribution is 5.83. The number of likely N-dealkylation sites (tertiary alicyclic amines) is 1. The van der Waals surface area contributed by atoms with E-state index in [1.54, 1.807) is 6.21 Å². The van der Waals surface area contributed by atoms with Crippen molar-refractivity contribution in [3.05, 3.63) is 65.2 Å². The van der Waals surface area contributed by atoms with Crippen LogP contribution in [0.1, 0.15) is 48.8 Å². The van der Waals surface area contributed by atoms with E-state index in [0.29, 0.717) is 11.2 Å². The van der Waals surface area contributed by atoms with Gasteiger partial charge in [-0.1, -0.05) is 43.2 Å². The van der Waals surface area contributed by atoms with Crippen molar-refractivity contribution in [1.29, 1.82) is 0 Å². The molecule has 2 aliphatic heterocycles. The number of benzene rings is 2. The van der Waals surface area contributed by atoms with Gasteiger partial charge in [-0.2, -0.15) is 5.10 Å². The minimum absolute atomic E-state index is 0.377. The summed E-state index contributed by atoms with van der Waals surface area (Å²) in [7, 11) is 2.30. The molecule has 4 heteroatoms. The molecule has 4 aliphatic rings. The van der Waals surface area contributed by atoms with Crippen molar-refractivity contribution in [1.82, 2.24) is 4.90 Å². The molecule has 1 saturated heterocycles. The van der Waals surface area contributed by atoms with Crippen molar-refractivity contribution in [2.75, 3.05) is 19.0 Å². The van der Waals surface area contributed by atoms with Gasteiger partial charge in [-0.3, -0.25) is 5.43 Å². The molecule has 0 unspecified atom stereocenters. The molecular formula is C26H31N3O. The maximum absolute atomic E-state index is 9.91. The summed E-state index contributed by atoms with van der Waals surface area (Å²) in [5.74, 6) is 1.27. The summed E-state index contributed by atoms with van der Waals surface area (Å²) in [4.78, 5) is 2.59. The number of phenols is 1. The zero-order chi connectivity index (χ0) is 20.6. The summed E-state index contributed by atoms with van der Waals surface area (Å²) in [6, 6.07) is 14.9. The molecule has 1 saturated carbocycles. The number of hydrogen-bond acceptors (Lipinski definition) is 4. The first-order valence-electron chi connectivity index (χ1n) is 11.2. The van der Waals surface area contributed by atoms with E-state index in [4.69, 9.17) is 0 Å². The van der Waals surface area contributed by atoms with Gasteiger partial charge in [0.25, 0.3) is 0 Å². The third-order valence-corrected chi connectivity index (χ3v) is 7.68. The molecule has 0 amide bonds. The Morgan fingerprint density at radius 3 is 2.97 bits per heavy atom. The largest absolute Gasteiger partial charge is 0.508 e. The van der Waals surface area contributed by atoms with Crippen LogP contribution in [0.15, 0.2) is 53.6 Å². The lowest BCUT2D eigenvalue weighted by Crippen LogP contribution is -2.59. The number of piperidine rings is 1. The highest BCUT2D eigenvalue weighted by atomic mass is 16.3. The minimum Gasteiger partial charge on any atom is -0.508 e. The van der Waals surface area contributed by atoms with Gasteiger partial charge in [-0.25, -0.2) is 0 Å². The quantitative estimate of drug-likeness (QED) is 0.638. The molecule has 2 aliphatic carbocycles. The molecule has 0 aromatic heterocycles. The van der Waals surface area contributed by atoms with Crippen LogP contribution in [0.25, 0.3) is 6.08 Å². The Kier molecular flexibility index (Phi) is 5.11. The first kappa shape index (κ1) is 19.4. The van der Waals surface area contributed by atoms with Crippen LogP contribution in [0, 0.1) is 5.92 Å². The third-order valence-electron chi connectivity index (χ3n) is 7.68. The SMILES string of the molecule is C1=Cc2ccccc2NN=C1.CN1CC[C@]23CCCC[C@H]2[C@H]1Cc1ccc(O)cc13. The van der Waals surface area contributed by atoms with E-state index in [2.05, 4.69) is 34.6 Å². The number of aromatic hydroxyl groups is 1. The molecule has 0 spiro atoms. The van der Waals surface area contributed by atoms with E-state index in [1.807, 2.05) is 42.5 Å². The summed E-state index contributed by atoms with van der Waals surface area (Å²) >= 11 is 0. The number of hydrazone groups is 1. The number of likely N-dealkylation sites (N-methyl/N-ethyl adjacent to an activating group) is 1. The van der Waals surface area contributed by atoms with Gasteiger partial charge in [-0.15, -0.1) is 0 Å². The molecule has 6 rings (SSSR count). The number of anilines is 1.